The second-order valence-electron chi connectivity index (χ2n) is 8.69. The molecule has 4 N–H and O–H groups in total. The number of aliphatic imine (C=N–C) groups is 1. The van der Waals surface area contributed by atoms with Gasteiger partial charge in [-0.2, -0.15) is 0 Å². The number of amides is 1. The molecule has 1 amide bonds. The van der Waals surface area contributed by atoms with E-state index in [1.807, 2.05) is 61.2 Å². The zero-order valence-corrected chi connectivity index (χ0v) is 22.4. The second kappa shape index (κ2) is 12.3. The molecule has 0 spiro atoms. The van der Waals surface area contributed by atoms with Crippen molar-refractivity contribution in [3.8, 4) is 17.2 Å². The fraction of sp³-hybridized carbons (Fsp3) is 0.423. The first-order chi connectivity index (χ1) is 17.9. The zero-order chi connectivity index (χ0) is 26.4. The summed E-state index contributed by atoms with van der Waals surface area (Å²) in [5.41, 5.74) is 8.20. The molecule has 0 saturated carbocycles. The normalized spacial score (nSPS) is 20.8. The molecule has 3 atom stereocenters. The van der Waals surface area contributed by atoms with Gasteiger partial charge in [0, 0.05) is 18.3 Å². The number of nitrogens with one attached hydrogen (secondary N) is 4. The Kier molecular flexibility index (Phi) is 8.91. The van der Waals surface area contributed by atoms with Gasteiger partial charge < -0.3 is 19.5 Å². The molecule has 1 saturated heterocycles. The molecule has 2 aromatic rings. The Morgan fingerprint density at radius 2 is 1.89 bits per heavy atom. The summed E-state index contributed by atoms with van der Waals surface area (Å²) in [5.74, 6) is 2.51. The molecule has 0 aliphatic carbocycles. The Bertz CT molecular complexity index is 1140. The number of hydrogen-bond acceptors (Lipinski definition) is 9. The molecule has 37 heavy (non-hydrogen) atoms. The van der Waals surface area contributed by atoms with Crippen LogP contribution < -0.4 is 35.3 Å². The van der Waals surface area contributed by atoms with Gasteiger partial charge >= 0.3 is 0 Å². The van der Waals surface area contributed by atoms with Gasteiger partial charge in [0.25, 0.3) is 0 Å². The summed E-state index contributed by atoms with van der Waals surface area (Å²) in [6.07, 6.45) is 0.412. The second-order valence-corrected chi connectivity index (χ2v) is 9.63. The van der Waals surface area contributed by atoms with Crippen LogP contribution in [0.5, 0.6) is 17.2 Å². The van der Waals surface area contributed by atoms with Crippen molar-refractivity contribution in [2.75, 3.05) is 38.0 Å². The Morgan fingerprint density at radius 1 is 1.14 bits per heavy atom. The van der Waals surface area contributed by atoms with Crippen molar-refractivity contribution < 1.29 is 19.0 Å². The number of hydrogen-bond donors (Lipinski definition) is 4. The van der Waals surface area contributed by atoms with Crippen LogP contribution >= 0.6 is 11.8 Å². The van der Waals surface area contributed by atoms with Gasteiger partial charge in [-0.3, -0.25) is 20.5 Å². The number of methoxy groups -OCH3 is 2. The lowest BCUT2D eigenvalue weighted by Crippen LogP contribution is -2.50. The number of thioether (sulfide) groups is 1. The molecule has 2 aromatic carbocycles. The van der Waals surface area contributed by atoms with Crippen molar-refractivity contribution in [2.24, 2.45) is 10.9 Å². The smallest absolute Gasteiger partial charge is 0.230 e. The topological polar surface area (TPSA) is 120 Å². The van der Waals surface area contributed by atoms with Gasteiger partial charge in [0.15, 0.2) is 16.7 Å². The molecule has 2 aliphatic heterocycles. The molecular weight excluding hydrogens is 492 g/mol. The van der Waals surface area contributed by atoms with Crippen molar-refractivity contribution in [1.29, 1.82) is 5.41 Å². The highest BCUT2D eigenvalue weighted by molar-refractivity contribution is 8.14. The standard InChI is InChI=1S/C26H34N6O4S/c1-5-36-19-9-7-18(8-10-19)32-24(27)23-16(2)30-31-25(23)29-26(32)37-15-22(33)28-13-12-17-6-11-20(34-3)21(14-17)35-4/h6-11,14,16,23,25,27,30-31H,5,12-13,15H2,1-4H3,(H,28,33). The Morgan fingerprint density at radius 3 is 2.59 bits per heavy atom. The predicted octanol–water partition coefficient (Wildman–Crippen LogP) is 2.79. The van der Waals surface area contributed by atoms with Gasteiger partial charge in [-0.15, -0.1) is 0 Å². The van der Waals surface area contributed by atoms with Crippen molar-refractivity contribution in [2.45, 2.75) is 32.5 Å². The van der Waals surface area contributed by atoms with Crippen LogP contribution in [0.1, 0.15) is 19.4 Å². The fourth-order valence-corrected chi connectivity index (χ4v) is 5.25. The first-order valence-corrected chi connectivity index (χ1v) is 13.2. The molecule has 2 heterocycles. The van der Waals surface area contributed by atoms with E-state index < -0.39 is 0 Å². The highest BCUT2D eigenvalue weighted by atomic mass is 32.2. The van der Waals surface area contributed by atoms with Crippen LogP contribution in [0.3, 0.4) is 0 Å². The van der Waals surface area contributed by atoms with Crippen molar-refractivity contribution in [1.82, 2.24) is 16.2 Å². The van der Waals surface area contributed by atoms with Gasteiger partial charge in [0.2, 0.25) is 5.91 Å². The van der Waals surface area contributed by atoms with Gasteiger partial charge in [-0.05, 0) is 62.2 Å². The minimum atomic E-state index is -0.253. The number of rotatable bonds is 10. The third-order valence-corrected chi connectivity index (χ3v) is 7.21. The van der Waals surface area contributed by atoms with E-state index in [2.05, 4.69) is 16.2 Å². The lowest BCUT2D eigenvalue weighted by Gasteiger charge is -2.36. The SMILES string of the molecule is CCOc1ccc(N2C(=N)C3C(C)NNC3N=C2SCC(=O)NCCc2ccc(OC)c(OC)c2)cc1. The molecule has 4 rings (SSSR count). The molecule has 2 aliphatic rings. The largest absolute Gasteiger partial charge is 0.494 e. The molecule has 1 fully saturated rings. The average Bonchev–Trinajstić information content (AvgIpc) is 3.28. The first kappa shape index (κ1) is 26.8. The molecule has 3 unspecified atom stereocenters. The number of fused-ring (bicyclic) bond motifs is 1. The molecule has 0 bridgehead atoms. The van der Waals surface area contributed by atoms with E-state index in [0.29, 0.717) is 42.1 Å². The van der Waals surface area contributed by atoms with E-state index in [9.17, 15) is 4.79 Å². The van der Waals surface area contributed by atoms with Gasteiger partial charge in [-0.25, -0.2) is 10.4 Å². The monoisotopic (exact) mass is 526 g/mol. The molecule has 0 aromatic heterocycles. The summed E-state index contributed by atoms with van der Waals surface area (Å²) in [4.78, 5) is 19.3. The maximum atomic E-state index is 12.7. The van der Waals surface area contributed by atoms with Crippen LogP contribution in [-0.2, 0) is 11.2 Å². The summed E-state index contributed by atoms with van der Waals surface area (Å²) in [7, 11) is 3.20. The Balaban J connectivity index is 1.39. The number of anilines is 1. The van der Waals surface area contributed by atoms with Crippen LogP contribution in [0.15, 0.2) is 47.5 Å². The molecular formula is C26H34N6O4S. The number of ether oxygens (including phenoxy) is 3. The van der Waals surface area contributed by atoms with E-state index >= 15 is 0 Å². The number of carbonyl (C=O) groups is 1. The lowest BCUT2D eigenvalue weighted by atomic mass is 9.97. The van der Waals surface area contributed by atoms with Gasteiger partial charge in [0.05, 0.1) is 32.5 Å². The van der Waals surface area contributed by atoms with Crippen LogP contribution in [0.2, 0.25) is 0 Å². The minimum Gasteiger partial charge on any atom is -0.494 e. The fourth-order valence-electron chi connectivity index (χ4n) is 4.37. The number of benzene rings is 2. The number of amidine groups is 2. The van der Waals surface area contributed by atoms with Crippen molar-refractivity contribution in [3.05, 3.63) is 48.0 Å². The number of hydrazine groups is 1. The third-order valence-electron chi connectivity index (χ3n) is 6.26. The summed E-state index contributed by atoms with van der Waals surface area (Å²) in [6.45, 7) is 5.05. The van der Waals surface area contributed by atoms with Gasteiger partial charge in [0.1, 0.15) is 17.8 Å². The van der Waals surface area contributed by atoms with Gasteiger partial charge in [-0.1, -0.05) is 17.8 Å². The van der Waals surface area contributed by atoms with E-state index in [0.717, 1.165) is 17.0 Å². The highest BCUT2D eigenvalue weighted by Gasteiger charge is 2.43. The van der Waals surface area contributed by atoms with Crippen LogP contribution in [-0.4, -0.2) is 62.2 Å². The summed E-state index contributed by atoms with van der Waals surface area (Å²) >= 11 is 1.32. The molecule has 0 radical (unpaired) electrons. The Labute approximate surface area is 221 Å². The van der Waals surface area contributed by atoms with E-state index in [1.165, 1.54) is 11.8 Å². The summed E-state index contributed by atoms with van der Waals surface area (Å²) in [5, 5.41) is 12.5. The Hall–Kier alpha value is -3.28. The third kappa shape index (κ3) is 6.17. The maximum Gasteiger partial charge on any atom is 0.230 e. The molecule has 10 nitrogen and oxygen atoms in total. The van der Waals surface area contributed by atoms with E-state index in [1.54, 1.807) is 14.2 Å². The number of carbonyl (C=O) groups excluding carboxylic acids is 1. The summed E-state index contributed by atoms with van der Waals surface area (Å²) in [6, 6.07) is 13.4. The van der Waals surface area contributed by atoms with E-state index in [4.69, 9.17) is 24.6 Å². The lowest BCUT2D eigenvalue weighted by molar-refractivity contribution is -0.118. The first-order valence-electron chi connectivity index (χ1n) is 12.3. The highest BCUT2D eigenvalue weighted by Crippen LogP contribution is 2.32. The average molecular weight is 527 g/mol. The van der Waals surface area contributed by atoms with Crippen molar-refractivity contribution in [3.63, 3.8) is 0 Å². The van der Waals surface area contributed by atoms with Crippen LogP contribution in [0.25, 0.3) is 0 Å². The zero-order valence-electron chi connectivity index (χ0n) is 21.5. The molecule has 198 valence electrons. The minimum absolute atomic E-state index is 0.0536. The predicted molar refractivity (Wildman–Crippen MR) is 147 cm³/mol. The van der Waals surface area contributed by atoms with Crippen LogP contribution in [0.4, 0.5) is 5.69 Å². The quantitative estimate of drug-likeness (QED) is 0.373. The van der Waals surface area contributed by atoms with Crippen LogP contribution in [0, 0.1) is 11.3 Å². The summed E-state index contributed by atoms with van der Waals surface area (Å²) < 4.78 is 16.2. The van der Waals surface area contributed by atoms with Crippen molar-refractivity contribution >= 4 is 34.4 Å². The number of nitrogens with zero attached hydrogens (tertiary/aromatic N) is 2. The maximum absolute atomic E-state index is 12.7. The van der Waals surface area contributed by atoms with E-state index in [-0.39, 0.29) is 29.8 Å². The molecule has 11 heteroatoms.